The van der Waals surface area contributed by atoms with Crippen LogP contribution in [0.15, 0.2) is 10.6 Å². The van der Waals surface area contributed by atoms with E-state index in [0.717, 1.165) is 12.8 Å². The average molecular weight is 314 g/mol. The standard InChI is InChI=1S/C14H20ClN3O3/c1-9-6-11(17-21-9)16-12(19)7-18(10-4-5-10)13(20)14(2,3)8-15/h6,10H,4-5,7-8H2,1-3H3,(H,16,17,19). The van der Waals surface area contributed by atoms with E-state index in [-0.39, 0.29) is 30.3 Å². The average Bonchev–Trinajstić information content (AvgIpc) is 3.19. The SMILES string of the molecule is Cc1cc(NC(=O)CN(C(=O)C(C)(C)CCl)C2CC2)no1. The number of aryl methyl sites for hydroxylation is 1. The van der Waals surface area contributed by atoms with E-state index < -0.39 is 5.41 Å². The van der Waals surface area contributed by atoms with Crippen LogP contribution in [0.5, 0.6) is 0 Å². The zero-order chi connectivity index (χ0) is 15.6. The van der Waals surface area contributed by atoms with Gasteiger partial charge in [-0.2, -0.15) is 0 Å². The highest BCUT2D eigenvalue weighted by Gasteiger charge is 2.40. The van der Waals surface area contributed by atoms with Crippen molar-refractivity contribution in [2.45, 2.75) is 39.7 Å². The Morgan fingerprint density at radius 1 is 1.52 bits per heavy atom. The lowest BCUT2D eigenvalue weighted by atomic mass is 9.94. The molecule has 1 aromatic rings. The van der Waals surface area contributed by atoms with Gasteiger partial charge in [-0.1, -0.05) is 5.16 Å². The Bertz CT molecular complexity index is 537. The number of hydrogen-bond acceptors (Lipinski definition) is 4. The van der Waals surface area contributed by atoms with Gasteiger partial charge in [-0.25, -0.2) is 0 Å². The zero-order valence-electron chi connectivity index (χ0n) is 12.5. The number of nitrogens with zero attached hydrogens (tertiary/aromatic N) is 2. The minimum atomic E-state index is -0.672. The first-order valence-corrected chi connectivity index (χ1v) is 7.47. The molecule has 1 heterocycles. The van der Waals surface area contributed by atoms with Crippen LogP contribution in [0.3, 0.4) is 0 Å². The number of nitrogens with one attached hydrogen (secondary N) is 1. The summed E-state index contributed by atoms with van der Waals surface area (Å²) in [5.74, 6) is 0.820. The second-order valence-corrected chi connectivity index (χ2v) is 6.32. The van der Waals surface area contributed by atoms with Gasteiger partial charge in [0.05, 0.1) is 5.41 Å². The van der Waals surface area contributed by atoms with E-state index in [2.05, 4.69) is 10.5 Å². The first-order chi connectivity index (χ1) is 9.83. The molecule has 1 N–H and O–H groups in total. The third kappa shape index (κ3) is 3.97. The Balaban J connectivity index is 2.00. The van der Waals surface area contributed by atoms with Crippen LogP contribution in [0.1, 0.15) is 32.4 Å². The molecule has 116 valence electrons. The molecule has 2 rings (SSSR count). The Morgan fingerprint density at radius 2 is 2.19 bits per heavy atom. The van der Waals surface area contributed by atoms with Gasteiger partial charge < -0.3 is 14.7 Å². The number of alkyl halides is 1. The Morgan fingerprint density at radius 3 is 2.67 bits per heavy atom. The van der Waals surface area contributed by atoms with Crippen LogP contribution in [0.25, 0.3) is 0 Å². The first-order valence-electron chi connectivity index (χ1n) is 6.93. The normalized spacial score (nSPS) is 14.9. The van der Waals surface area contributed by atoms with E-state index >= 15 is 0 Å². The smallest absolute Gasteiger partial charge is 0.245 e. The van der Waals surface area contributed by atoms with Crippen molar-refractivity contribution >= 4 is 29.2 Å². The van der Waals surface area contributed by atoms with Crippen LogP contribution in [0.4, 0.5) is 5.82 Å². The summed E-state index contributed by atoms with van der Waals surface area (Å²) in [7, 11) is 0. The molecule has 0 radical (unpaired) electrons. The van der Waals surface area contributed by atoms with Gasteiger partial charge in [0, 0.05) is 18.0 Å². The lowest BCUT2D eigenvalue weighted by Gasteiger charge is -2.30. The molecule has 21 heavy (non-hydrogen) atoms. The highest BCUT2D eigenvalue weighted by Crippen LogP contribution is 2.31. The van der Waals surface area contributed by atoms with E-state index in [0.29, 0.717) is 11.6 Å². The molecule has 6 nitrogen and oxygen atoms in total. The molecule has 0 bridgehead atoms. The van der Waals surface area contributed by atoms with Crippen LogP contribution < -0.4 is 5.32 Å². The van der Waals surface area contributed by atoms with Crippen LogP contribution >= 0.6 is 11.6 Å². The molecule has 7 heteroatoms. The van der Waals surface area contributed by atoms with Crippen molar-refractivity contribution in [3.8, 4) is 0 Å². The zero-order valence-corrected chi connectivity index (χ0v) is 13.2. The first kappa shape index (κ1) is 15.8. The van der Waals surface area contributed by atoms with E-state index in [1.165, 1.54) is 0 Å². The van der Waals surface area contributed by atoms with Crippen LogP contribution in [0.2, 0.25) is 0 Å². The minimum absolute atomic E-state index is 0.00965. The third-order valence-electron chi connectivity index (χ3n) is 3.37. The van der Waals surface area contributed by atoms with Crippen LogP contribution in [-0.2, 0) is 9.59 Å². The van der Waals surface area contributed by atoms with E-state index in [9.17, 15) is 9.59 Å². The molecule has 1 aromatic heterocycles. The largest absolute Gasteiger partial charge is 0.360 e. The number of carbonyl (C=O) groups is 2. The molecule has 1 fully saturated rings. The van der Waals surface area contributed by atoms with Crippen LogP contribution in [-0.4, -0.2) is 40.3 Å². The molecule has 1 aliphatic carbocycles. The second-order valence-electron chi connectivity index (χ2n) is 6.05. The fourth-order valence-electron chi connectivity index (χ4n) is 1.96. The fourth-order valence-corrected chi connectivity index (χ4v) is 2.08. The summed E-state index contributed by atoms with van der Waals surface area (Å²) in [6.07, 6.45) is 1.86. The van der Waals surface area contributed by atoms with Gasteiger partial charge in [0.25, 0.3) is 0 Å². The van der Waals surface area contributed by atoms with Gasteiger partial charge in [0.2, 0.25) is 11.8 Å². The summed E-state index contributed by atoms with van der Waals surface area (Å²) in [5.41, 5.74) is -0.672. The van der Waals surface area contributed by atoms with Gasteiger partial charge in [0.1, 0.15) is 12.3 Å². The Kier molecular flexibility index (Phi) is 4.56. The van der Waals surface area contributed by atoms with Gasteiger partial charge in [-0.05, 0) is 33.6 Å². The molecular weight excluding hydrogens is 294 g/mol. The molecule has 1 saturated carbocycles. The highest BCUT2D eigenvalue weighted by atomic mass is 35.5. The van der Waals surface area contributed by atoms with Crippen molar-refractivity contribution in [2.75, 3.05) is 17.7 Å². The van der Waals surface area contributed by atoms with Gasteiger partial charge in [-0.15, -0.1) is 11.6 Å². The Labute approximate surface area is 128 Å². The topological polar surface area (TPSA) is 75.4 Å². The molecule has 0 spiro atoms. The van der Waals surface area contributed by atoms with Crippen LogP contribution in [0, 0.1) is 12.3 Å². The highest BCUT2D eigenvalue weighted by molar-refractivity contribution is 6.19. The van der Waals surface area contributed by atoms with Crippen molar-refractivity contribution in [3.05, 3.63) is 11.8 Å². The molecule has 0 aliphatic heterocycles. The van der Waals surface area contributed by atoms with Crippen molar-refractivity contribution in [2.24, 2.45) is 5.41 Å². The molecule has 2 amide bonds. The van der Waals surface area contributed by atoms with Crippen molar-refractivity contribution < 1.29 is 14.1 Å². The molecular formula is C14H20ClN3O3. The summed E-state index contributed by atoms with van der Waals surface area (Å²) in [6.45, 7) is 5.33. The predicted molar refractivity (Wildman–Crippen MR) is 79.1 cm³/mol. The maximum Gasteiger partial charge on any atom is 0.245 e. The number of aromatic nitrogens is 1. The summed E-state index contributed by atoms with van der Waals surface area (Å²) in [5, 5.41) is 6.33. The lowest BCUT2D eigenvalue weighted by molar-refractivity contribution is -0.142. The predicted octanol–water partition coefficient (Wildman–Crippen LogP) is 2.18. The molecule has 0 aromatic carbocycles. The molecule has 1 aliphatic rings. The number of rotatable bonds is 6. The monoisotopic (exact) mass is 313 g/mol. The second kappa shape index (κ2) is 6.05. The van der Waals surface area contributed by atoms with E-state index in [4.69, 9.17) is 16.1 Å². The molecule has 0 unspecified atom stereocenters. The van der Waals surface area contributed by atoms with Gasteiger partial charge in [-0.3, -0.25) is 9.59 Å². The maximum absolute atomic E-state index is 12.5. The summed E-state index contributed by atoms with van der Waals surface area (Å²) < 4.78 is 4.89. The Hall–Kier alpha value is -1.56. The summed E-state index contributed by atoms with van der Waals surface area (Å²) in [6, 6.07) is 1.77. The number of anilines is 1. The summed E-state index contributed by atoms with van der Waals surface area (Å²) in [4.78, 5) is 26.2. The third-order valence-corrected chi connectivity index (χ3v) is 4.04. The number of halogens is 1. The quantitative estimate of drug-likeness (QED) is 0.817. The number of amides is 2. The van der Waals surface area contributed by atoms with Crippen molar-refractivity contribution in [1.82, 2.24) is 10.1 Å². The maximum atomic E-state index is 12.5. The molecule has 0 saturated heterocycles. The fraction of sp³-hybridized carbons (Fsp3) is 0.643. The lowest BCUT2D eigenvalue weighted by Crippen LogP contribution is -2.46. The number of carbonyl (C=O) groups excluding carboxylic acids is 2. The van der Waals surface area contributed by atoms with Crippen molar-refractivity contribution in [1.29, 1.82) is 0 Å². The van der Waals surface area contributed by atoms with Crippen molar-refractivity contribution in [3.63, 3.8) is 0 Å². The van der Waals surface area contributed by atoms with Gasteiger partial charge in [0.15, 0.2) is 5.82 Å². The van der Waals surface area contributed by atoms with Gasteiger partial charge >= 0.3 is 0 Å². The van der Waals surface area contributed by atoms with E-state index in [1.54, 1.807) is 31.7 Å². The number of hydrogen-bond donors (Lipinski definition) is 1. The van der Waals surface area contributed by atoms with E-state index in [1.807, 2.05) is 0 Å². The summed E-state index contributed by atoms with van der Waals surface area (Å²) >= 11 is 5.86. The minimum Gasteiger partial charge on any atom is -0.360 e. The molecule has 0 atom stereocenters.